The molecule has 1 aliphatic heterocycles. The van der Waals surface area contributed by atoms with Crippen LogP contribution < -0.4 is 10.6 Å². The van der Waals surface area contributed by atoms with Crippen LogP contribution in [-0.2, 0) is 0 Å². The molecule has 0 aromatic heterocycles. The van der Waals surface area contributed by atoms with Crippen LogP contribution in [0.3, 0.4) is 0 Å². The van der Waals surface area contributed by atoms with E-state index in [0.717, 1.165) is 28.3 Å². The van der Waals surface area contributed by atoms with Crippen LogP contribution in [0.25, 0.3) is 0 Å². The highest BCUT2D eigenvalue weighted by Gasteiger charge is 2.29. The van der Waals surface area contributed by atoms with Crippen LogP contribution in [0.4, 0.5) is 5.69 Å². The topological polar surface area (TPSA) is 53.0 Å². The van der Waals surface area contributed by atoms with Gasteiger partial charge in [-0.1, -0.05) is 13.0 Å². The first-order valence-corrected chi connectivity index (χ1v) is 8.35. The number of hydrogen-bond acceptors (Lipinski definition) is 4. The number of rotatable bonds is 4. The van der Waals surface area contributed by atoms with E-state index in [2.05, 4.69) is 36.9 Å². The standard InChI is InChI=1S/C16H23N3S/c1-3-20-16-9-5-8-15(14(16)11-18)19-12(2)6-4-7-13(19)10-17/h5,8-9,12-13H,3-4,6-7,10,17H2,1-2H3. The third kappa shape index (κ3) is 2.94. The zero-order valence-electron chi connectivity index (χ0n) is 12.3. The Labute approximate surface area is 126 Å². The number of anilines is 1. The summed E-state index contributed by atoms with van der Waals surface area (Å²) in [5.41, 5.74) is 7.83. The summed E-state index contributed by atoms with van der Waals surface area (Å²) in [6, 6.07) is 9.39. The quantitative estimate of drug-likeness (QED) is 0.863. The maximum Gasteiger partial charge on any atom is 0.103 e. The Morgan fingerprint density at radius 2 is 2.25 bits per heavy atom. The van der Waals surface area contributed by atoms with E-state index in [-0.39, 0.29) is 0 Å². The summed E-state index contributed by atoms with van der Waals surface area (Å²) in [5.74, 6) is 0.980. The molecule has 0 saturated carbocycles. The number of hydrogen-bond donors (Lipinski definition) is 1. The van der Waals surface area contributed by atoms with Crippen molar-refractivity contribution in [2.75, 3.05) is 17.2 Å². The monoisotopic (exact) mass is 289 g/mol. The lowest BCUT2D eigenvalue weighted by Crippen LogP contribution is -2.49. The van der Waals surface area contributed by atoms with Crippen molar-refractivity contribution in [1.29, 1.82) is 5.26 Å². The molecule has 2 rings (SSSR count). The van der Waals surface area contributed by atoms with Crippen LogP contribution in [-0.4, -0.2) is 24.4 Å². The molecular formula is C16H23N3S. The first-order valence-electron chi connectivity index (χ1n) is 7.37. The fourth-order valence-corrected chi connectivity index (χ4v) is 3.86. The predicted molar refractivity (Wildman–Crippen MR) is 86.2 cm³/mol. The van der Waals surface area contributed by atoms with Crippen LogP contribution in [0.15, 0.2) is 23.1 Å². The molecule has 0 amide bonds. The number of nitrogens with two attached hydrogens (primary N) is 1. The van der Waals surface area contributed by atoms with Crippen LogP contribution >= 0.6 is 11.8 Å². The van der Waals surface area contributed by atoms with E-state index in [1.54, 1.807) is 11.8 Å². The zero-order chi connectivity index (χ0) is 14.5. The fraction of sp³-hybridized carbons (Fsp3) is 0.562. The zero-order valence-corrected chi connectivity index (χ0v) is 13.1. The largest absolute Gasteiger partial charge is 0.363 e. The predicted octanol–water partition coefficient (Wildman–Crippen LogP) is 3.38. The van der Waals surface area contributed by atoms with Crippen molar-refractivity contribution in [3.63, 3.8) is 0 Å². The van der Waals surface area contributed by atoms with E-state index in [9.17, 15) is 5.26 Å². The van der Waals surface area contributed by atoms with Crippen molar-refractivity contribution in [1.82, 2.24) is 0 Å². The average Bonchev–Trinajstić information content (AvgIpc) is 2.47. The maximum atomic E-state index is 9.58. The Hall–Kier alpha value is -1.18. The number of nitriles is 1. The second kappa shape index (κ2) is 7.01. The molecule has 1 aromatic rings. The van der Waals surface area contributed by atoms with Crippen molar-refractivity contribution < 1.29 is 0 Å². The molecule has 0 spiro atoms. The summed E-state index contributed by atoms with van der Waals surface area (Å²) in [7, 11) is 0. The lowest BCUT2D eigenvalue weighted by Gasteiger charge is -2.42. The number of thioether (sulfide) groups is 1. The van der Waals surface area contributed by atoms with Gasteiger partial charge in [-0.2, -0.15) is 5.26 Å². The van der Waals surface area contributed by atoms with Crippen LogP contribution in [0.1, 0.15) is 38.7 Å². The van der Waals surface area contributed by atoms with E-state index < -0.39 is 0 Å². The normalized spacial score (nSPS) is 22.6. The van der Waals surface area contributed by atoms with Crippen molar-refractivity contribution in [3.05, 3.63) is 23.8 Å². The molecule has 108 valence electrons. The highest BCUT2D eigenvalue weighted by atomic mass is 32.2. The van der Waals surface area contributed by atoms with Gasteiger partial charge in [-0.15, -0.1) is 11.8 Å². The highest BCUT2D eigenvalue weighted by Crippen LogP contribution is 2.35. The molecule has 2 N–H and O–H groups in total. The Balaban J connectivity index is 2.44. The smallest absolute Gasteiger partial charge is 0.103 e. The van der Waals surface area contributed by atoms with Crippen molar-refractivity contribution in [2.24, 2.45) is 5.73 Å². The number of piperidine rings is 1. The van der Waals surface area contributed by atoms with Gasteiger partial charge in [0, 0.05) is 23.5 Å². The Morgan fingerprint density at radius 1 is 1.45 bits per heavy atom. The van der Waals surface area contributed by atoms with E-state index >= 15 is 0 Å². The minimum absolute atomic E-state index is 0.354. The molecule has 3 nitrogen and oxygen atoms in total. The molecule has 0 aliphatic carbocycles. The third-order valence-electron chi connectivity index (χ3n) is 3.99. The third-order valence-corrected chi connectivity index (χ3v) is 4.93. The summed E-state index contributed by atoms with van der Waals surface area (Å²) in [6.45, 7) is 5.01. The van der Waals surface area contributed by atoms with Crippen LogP contribution in [0.5, 0.6) is 0 Å². The van der Waals surface area contributed by atoms with E-state index in [1.165, 1.54) is 12.8 Å². The molecule has 1 fully saturated rings. The van der Waals surface area contributed by atoms with Gasteiger partial charge in [-0.05, 0) is 44.1 Å². The second-order valence-electron chi connectivity index (χ2n) is 5.27. The molecule has 1 aromatic carbocycles. The molecule has 1 heterocycles. The number of nitrogens with zero attached hydrogens (tertiary/aromatic N) is 2. The molecule has 0 radical (unpaired) electrons. The maximum absolute atomic E-state index is 9.58. The molecule has 2 atom stereocenters. The molecule has 1 aliphatic rings. The van der Waals surface area contributed by atoms with Crippen molar-refractivity contribution in [3.8, 4) is 6.07 Å². The van der Waals surface area contributed by atoms with E-state index in [0.29, 0.717) is 18.6 Å². The highest BCUT2D eigenvalue weighted by molar-refractivity contribution is 7.99. The Bertz CT molecular complexity index is 495. The van der Waals surface area contributed by atoms with Gasteiger partial charge in [0.05, 0.1) is 11.3 Å². The molecule has 4 heteroatoms. The SMILES string of the molecule is CCSc1cccc(N2C(C)CCCC2CN)c1C#N. The first-order chi connectivity index (χ1) is 9.72. The van der Waals surface area contributed by atoms with Gasteiger partial charge < -0.3 is 10.6 Å². The van der Waals surface area contributed by atoms with Crippen LogP contribution in [0, 0.1) is 11.3 Å². The van der Waals surface area contributed by atoms with Gasteiger partial charge in [-0.25, -0.2) is 0 Å². The Kier molecular flexibility index (Phi) is 5.33. The molecule has 1 saturated heterocycles. The average molecular weight is 289 g/mol. The van der Waals surface area contributed by atoms with E-state index in [4.69, 9.17) is 5.73 Å². The first kappa shape index (κ1) is 15.2. The number of benzene rings is 1. The van der Waals surface area contributed by atoms with Gasteiger partial charge in [0.1, 0.15) is 6.07 Å². The molecular weight excluding hydrogens is 266 g/mol. The second-order valence-corrected chi connectivity index (χ2v) is 6.58. The van der Waals surface area contributed by atoms with Crippen molar-refractivity contribution >= 4 is 17.4 Å². The van der Waals surface area contributed by atoms with Gasteiger partial charge in [-0.3, -0.25) is 0 Å². The summed E-state index contributed by atoms with van der Waals surface area (Å²) in [4.78, 5) is 3.46. The van der Waals surface area contributed by atoms with Crippen molar-refractivity contribution in [2.45, 2.75) is 50.1 Å². The molecule has 0 bridgehead atoms. The molecule has 2 unspecified atom stereocenters. The summed E-state index contributed by atoms with van der Waals surface area (Å²) in [5, 5.41) is 9.58. The summed E-state index contributed by atoms with van der Waals surface area (Å²) >= 11 is 1.73. The lowest BCUT2D eigenvalue weighted by molar-refractivity contribution is 0.400. The van der Waals surface area contributed by atoms with Crippen LogP contribution in [0.2, 0.25) is 0 Å². The fourth-order valence-electron chi connectivity index (χ4n) is 3.08. The molecule has 20 heavy (non-hydrogen) atoms. The minimum atomic E-state index is 0.354. The Morgan fingerprint density at radius 3 is 2.90 bits per heavy atom. The van der Waals surface area contributed by atoms with Gasteiger partial charge >= 0.3 is 0 Å². The van der Waals surface area contributed by atoms with Gasteiger partial charge in [0.2, 0.25) is 0 Å². The lowest BCUT2D eigenvalue weighted by atomic mass is 9.94. The summed E-state index contributed by atoms with van der Waals surface area (Å²) in [6.07, 6.45) is 3.52. The minimum Gasteiger partial charge on any atom is -0.363 e. The van der Waals surface area contributed by atoms with Gasteiger partial charge in [0.25, 0.3) is 0 Å². The van der Waals surface area contributed by atoms with Gasteiger partial charge in [0.15, 0.2) is 0 Å². The van der Waals surface area contributed by atoms with E-state index in [1.807, 2.05) is 6.07 Å². The summed E-state index contributed by atoms with van der Waals surface area (Å²) < 4.78 is 0.